The molecule has 1 aromatic rings. The number of fused-ring (bicyclic) bond motifs is 1. The van der Waals surface area contributed by atoms with Crippen LogP contribution >= 0.6 is 0 Å². The lowest BCUT2D eigenvalue weighted by Gasteiger charge is -2.24. The number of benzene rings is 1. The van der Waals surface area contributed by atoms with E-state index in [1.807, 2.05) is 0 Å². The van der Waals surface area contributed by atoms with Crippen LogP contribution in [0.3, 0.4) is 0 Å². The van der Waals surface area contributed by atoms with Crippen molar-refractivity contribution in [3.8, 4) is 11.5 Å². The van der Waals surface area contributed by atoms with Crippen LogP contribution in [0.15, 0.2) is 18.2 Å². The van der Waals surface area contributed by atoms with E-state index in [0.717, 1.165) is 5.56 Å². The van der Waals surface area contributed by atoms with Gasteiger partial charge in [0.1, 0.15) is 5.60 Å². The number of sulfone groups is 1. The molecule has 9 heteroatoms. The van der Waals surface area contributed by atoms with Gasteiger partial charge in [-0.1, -0.05) is 13.0 Å². The second-order valence-corrected chi connectivity index (χ2v) is 10.2. The van der Waals surface area contributed by atoms with E-state index in [4.69, 9.17) is 19.9 Å². The molecule has 8 nitrogen and oxygen atoms in total. The summed E-state index contributed by atoms with van der Waals surface area (Å²) in [7, 11) is -3.47. The molecule has 1 saturated carbocycles. The molecule has 27 heavy (non-hydrogen) atoms. The van der Waals surface area contributed by atoms with Crippen molar-refractivity contribution < 1.29 is 27.4 Å². The molecule has 0 saturated heterocycles. The van der Waals surface area contributed by atoms with Gasteiger partial charge in [0, 0.05) is 18.2 Å². The third kappa shape index (κ3) is 3.58. The van der Waals surface area contributed by atoms with Crippen LogP contribution in [-0.4, -0.2) is 50.0 Å². The number of hydrogen-bond donors (Lipinski definition) is 2. The van der Waals surface area contributed by atoms with E-state index in [9.17, 15) is 13.2 Å². The molecule has 2 aliphatic rings. The second-order valence-electron chi connectivity index (χ2n) is 7.83. The molecule has 3 rings (SSSR count). The van der Waals surface area contributed by atoms with Crippen LogP contribution in [0.25, 0.3) is 0 Å². The van der Waals surface area contributed by atoms with E-state index in [1.165, 1.54) is 0 Å². The molecule has 0 radical (unpaired) electrons. The Hall–Kier alpha value is -2.00. The van der Waals surface area contributed by atoms with Crippen LogP contribution in [0.1, 0.15) is 39.2 Å². The summed E-state index contributed by atoms with van der Waals surface area (Å²) in [6.45, 7) is 6.89. The number of carbonyl (C=O) groups is 1. The Bertz CT molecular complexity index is 848. The molecule has 0 unspecified atom stereocenters. The Morgan fingerprint density at radius 1 is 1.33 bits per heavy atom. The zero-order valence-corrected chi connectivity index (χ0v) is 16.8. The largest absolute Gasteiger partial charge is 0.454 e. The molecular weight excluding hydrogens is 372 g/mol. The number of ether oxygens (including phenoxy) is 3. The summed E-state index contributed by atoms with van der Waals surface area (Å²) in [5.74, 6) is 0.619. The topological polar surface area (TPSA) is 117 Å². The lowest BCUT2D eigenvalue weighted by molar-refractivity contribution is 0.0497. The first-order chi connectivity index (χ1) is 12.5. The van der Waals surface area contributed by atoms with Crippen molar-refractivity contribution in [2.75, 3.05) is 19.1 Å². The second kappa shape index (κ2) is 6.56. The normalized spacial score (nSPS) is 26.6. The number of hydrogen-bond acceptors (Lipinski definition) is 7. The fourth-order valence-electron chi connectivity index (χ4n) is 3.63. The molecule has 1 fully saturated rings. The molecule has 1 aliphatic heterocycles. The van der Waals surface area contributed by atoms with Crippen molar-refractivity contribution >= 4 is 15.9 Å². The number of carbonyl (C=O) groups excluding carboxylic acids is 1. The first kappa shape index (κ1) is 19.8. The van der Waals surface area contributed by atoms with Crippen molar-refractivity contribution in [2.45, 2.75) is 50.0 Å². The number of nitrogens with one attached hydrogen (secondary N) is 1. The summed E-state index contributed by atoms with van der Waals surface area (Å²) in [6, 6.07) is 5.27. The van der Waals surface area contributed by atoms with Crippen LogP contribution < -0.4 is 20.5 Å². The van der Waals surface area contributed by atoms with Crippen molar-refractivity contribution in [3.63, 3.8) is 0 Å². The summed E-state index contributed by atoms with van der Waals surface area (Å²) in [6.07, 6.45) is -0.688. The minimum Gasteiger partial charge on any atom is -0.454 e. The predicted octanol–water partition coefficient (Wildman–Crippen LogP) is 1.54. The van der Waals surface area contributed by atoms with E-state index in [1.54, 1.807) is 45.9 Å². The highest BCUT2D eigenvalue weighted by Gasteiger charge is 2.71. The quantitative estimate of drug-likeness (QED) is 0.772. The standard InChI is InChI=1S/C18H26N2O6S/c1-5-27(22,23)15-14(11-6-7-12-13(8-11)25-10-24-12)18(15,9-19)20-16(21)26-17(2,3)4/h6-8,14-15H,5,9-10,19H2,1-4H3,(H,20,21)/t14-,15-,18-/m1/s1. The number of amides is 1. The summed E-state index contributed by atoms with van der Waals surface area (Å²) in [5.41, 5.74) is 4.87. The smallest absolute Gasteiger partial charge is 0.408 e. The molecule has 1 amide bonds. The summed E-state index contributed by atoms with van der Waals surface area (Å²) < 4.78 is 41.5. The van der Waals surface area contributed by atoms with Gasteiger partial charge in [-0.25, -0.2) is 13.2 Å². The van der Waals surface area contributed by atoms with Crippen molar-refractivity contribution in [1.82, 2.24) is 5.32 Å². The summed E-state index contributed by atoms with van der Waals surface area (Å²) in [5, 5.41) is 1.92. The first-order valence-corrected chi connectivity index (χ1v) is 10.6. The molecule has 1 aromatic carbocycles. The van der Waals surface area contributed by atoms with Crippen LogP contribution in [0, 0.1) is 0 Å². The van der Waals surface area contributed by atoms with Gasteiger partial charge < -0.3 is 25.3 Å². The third-order valence-electron chi connectivity index (χ3n) is 4.87. The van der Waals surface area contributed by atoms with Crippen LogP contribution in [0.2, 0.25) is 0 Å². The van der Waals surface area contributed by atoms with E-state index in [-0.39, 0.29) is 19.1 Å². The Labute approximate surface area is 159 Å². The number of nitrogens with two attached hydrogens (primary N) is 1. The summed E-state index contributed by atoms with van der Waals surface area (Å²) in [4.78, 5) is 12.4. The molecule has 0 bridgehead atoms. The molecule has 0 spiro atoms. The molecule has 1 aliphatic carbocycles. The van der Waals surface area contributed by atoms with E-state index in [2.05, 4.69) is 5.32 Å². The predicted molar refractivity (Wildman–Crippen MR) is 99.7 cm³/mol. The zero-order valence-electron chi connectivity index (χ0n) is 15.9. The van der Waals surface area contributed by atoms with Gasteiger partial charge in [-0.05, 0) is 38.5 Å². The fourth-order valence-corrected chi connectivity index (χ4v) is 5.67. The lowest BCUT2D eigenvalue weighted by Crippen LogP contribution is -2.49. The first-order valence-electron chi connectivity index (χ1n) is 8.86. The highest BCUT2D eigenvalue weighted by atomic mass is 32.2. The van der Waals surface area contributed by atoms with Gasteiger partial charge in [0.15, 0.2) is 21.3 Å². The van der Waals surface area contributed by atoms with Gasteiger partial charge in [0.2, 0.25) is 6.79 Å². The van der Waals surface area contributed by atoms with Gasteiger partial charge >= 0.3 is 6.09 Å². The average molecular weight is 398 g/mol. The Morgan fingerprint density at radius 3 is 2.59 bits per heavy atom. The van der Waals surface area contributed by atoms with Crippen LogP contribution in [-0.2, 0) is 14.6 Å². The minimum atomic E-state index is -3.47. The Kier molecular flexibility index (Phi) is 4.80. The SMILES string of the molecule is CCS(=O)(=O)[C@@H]1[C@@H](c2ccc3c(c2)OCO3)[C@@]1(CN)NC(=O)OC(C)(C)C. The Balaban J connectivity index is 1.95. The monoisotopic (exact) mass is 398 g/mol. The van der Waals surface area contributed by atoms with Gasteiger partial charge in [0.05, 0.1) is 10.8 Å². The third-order valence-corrected chi connectivity index (χ3v) is 7.14. The maximum absolute atomic E-state index is 12.7. The van der Waals surface area contributed by atoms with Gasteiger partial charge in [-0.2, -0.15) is 0 Å². The van der Waals surface area contributed by atoms with Crippen molar-refractivity contribution in [2.24, 2.45) is 5.73 Å². The highest BCUT2D eigenvalue weighted by molar-refractivity contribution is 7.92. The number of alkyl carbamates (subject to hydrolysis) is 1. The average Bonchev–Trinajstić information content (AvgIpc) is 3.00. The molecule has 3 N–H and O–H groups in total. The van der Waals surface area contributed by atoms with Gasteiger partial charge in [-0.15, -0.1) is 0 Å². The zero-order chi connectivity index (χ0) is 20.0. The lowest BCUT2D eigenvalue weighted by atomic mass is 10.1. The maximum Gasteiger partial charge on any atom is 0.408 e. The number of rotatable bonds is 5. The molecule has 3 atom stereocenters. The highest BCUT2D eigenvalue weighted by Crippen LogP contribution is 2.56. The van der Waals surface area contributed by atoms with Gasteiger partial charge in [-0.3, -0.25) is 0 Å². The molecule has 150 valence electrons. The van der Waals surface area contributed by atoms with Crippen LogP contribution in [0.5, 0.6) is 11.5 Å². The van der Waals surface area contributed by atoms with Crippen molar-refractivity contribution in [1.29, 1.82) is 0 Å². The van der Waals surface area contributed by atoms with Crippen LogP contribution in [0.4, 0.5) is 4.79 Å². The minimum absolute atomic E-state index is 0.0325. The van der Waals surface area contributed by atoms with E-state index >= 15 is 0 Å². The fraction of sp³-hybridized carbons (Fsp3) is 0.611. The van der Waals surface area contributed by atoms with Gasteiger partial charge in [0.25, 0.3) is 0 Å². The summed E-state index contributed by atoms with van der Waals surface area (Å²) >= 11 is 0. The maximum atomic E-state index is 12.7. The molecular formula is C18H26N2O6S. The molecule has 0 aromatic heterocycles. The van der Waals surface area contributed by atoms with E-state index in [0.29, 0.717) is 11.5 Å². The van der Waals surface area contributed by atoms with Crippen molar-refractivity contribution in [3.05, 3.63) is 23.8 Å². The van der Waals surface area contributed by atoms with E-state index < -0.39 is 38.2 Å². The Morgan fingerprint density at radius 2 is 2.00 bits per heavy atom. The molecule has 1 heterocycles.